The molecule has 0 fully saturated rings. The summed E-state index contributed by atoms with van der Waals surface area (Å²) in [6, 6.07) is 0. The van der Waals surface area contributed by atoms with Gasteiger partial charge in [0, 0.05) is 13.1 Å². The smallest absolute Gasteiger partial charge is 0.0574 e. The van der Waals surface area contributed by atoms with Crippen LogP contribution < -0.4 is 10.6 Å². The van der Waals surface area contributed by atoms with E-state index in [4.69, 9.17) is 0 Å². The second kappa shape index (κ2) is 36.5. The number of hydrogen-bond acceptors (Lipinski definition) is 4. The summed E-state index contributed by atoms with van der Waals surface area (Å²) in [4.78, 5) is 0. The van der Waals surface area contributed by atoms with Gasteiger partial charge in [0.25, 0.3) is 0 Å². The summed E-state index contributed by atoms with van der Waals surface area (Å²) in [5, 5.41) is 27.2. The van der Waals surface area contributed by atoms with Crippen molar-refractivity contribution in [1.29, 1.82) is 0 Å². The lowest BCUT2D eigenvalue weighted by Gasteiger charge is -2.07. The highest BCUT2D eigenvalue weighted by atomic mass is 16.3. The van der Waals surface area contributed by atoms with Gasteiger partial charge in [-0.1, -0.05) is 141 Å². The lowest BCUT2D eigenvalue weighted by Crippen LogP contribution is -2.28. The van der Waals surface area contributed by atoms with Crippen LogP contribution in [-0.2, 0) is 0 Å². The van der Waals surface area contributed by atoms with Crippen molar-refractivity contribution >= 4 is 0 Å². The molecule has 0 aliphatic carbocycles. The van der Waals surface area contributed by atoms with Crippen molar-refractivity contribution in [3.8, 4) is 0 Å². The van der Waals surface area contributed by atoms with Crippen LogP contribution in [0.3, 0.4) is 0 Å². The molecule has 0 rings (SSSR count). The van der Waals surface area contributed by atoms with Crippen LogP contribution in [0.15, 0.2) is 24.3 Å². The minimum atomic E-state index is -0.135. The van der Waals surface area contributed by atoms with Gasteiger partial charge in [0.15, 0.2) is 0 Å². The van der Waals surface area contributed by atoms with Gasteiger partial charge >= 0.3 is 0 Å². The third-order valence-corrected chi connectivity index (χ3v) is 8.36. The maximum Gasteiger partial charge on any atom is 0.0574 e. The molecule has 0 aliphatic heterocycles. The van der Waals surface area contributed by atoms with E-state index in [1.54, 1.807) is 0 Å². The Labute approximate surface area is 264 Å². The summed E-state index contributed by atoms with van der Waals surface area (Å²) in [6.45, 7) is 8.94. The normalized spacial score (nSPS) is 13.5. The SMILES string of the molecule is CCCCCC[C@@H](O)C/C=C\CCCCCCCCNCCNCCCCCCCC/C=C\C[C@H](O)CCCCCC. The quantitative estimate of drug-likeness (QED) is 0.0437. The molecule has 0 aromatic heterocycles. The number of nitrogens with one attached hydrogen (secondary N) is 2. The average Bonchev–Trinajstić information content (AvgIpc) is 2.99. The van der Waals surface area contributed by atoms with E-state index in [0.29, 0.717) is 0 Å². The predicted octanol–water partition coefficient (Wildman–Crippen LogP) is 10.2. The van der Waals surface area contributed by atoms with Gasteiger partial charge in [0.05, 0.1) is 12.2 Å². The van der Waals surface area contributed by atoms with E-state index in [1.807, 2.05) is 0 Å². The van der Waals surface area contributed by atoms with E-state index in [0.717, 1.165) is 51.9 Å². The number of rotatable bonds is 35. The number of hydrogen-bond donors (Lipinski definition) is 4. The van der Waals surface area contributed by atoms with Gasteiger partial charge < -0.3 is 20.8 Å². The molecule has 0 unspecified atom stereocenters. The van der Waals surface area contributed by atoms with Crippen LogP contribution in [0.4, 0.5) is 0 Å². The molecule has 0 heterocycles. The first-order valence-corrected chi connectivity index (χ1v) is 18.8. The van der Waals surface area contributed by atoms with Gasteiger partial charge in [0.2, 0.25) is 0 Å². The molecule has 0 radical (unpaired) electrons. The zero-order valence-corrected chi connectivity index (χ0v) is 28.6. The summed E-state index contributed by atoms with van der Waals surface area (Å²) in [7, 11) is 0. The van der Waals surface area contributed by atoms with Crippen LogP contribution in [0.25, 0.3) is 0 Å². The molecule has 4 heteroatoms. The summed E-state index contributed by atoms with van der Waals surface area (Å²) in [5.41, 5.74) is 0. The Balaban J connectivity index is 3.20. The van der Waals surface area contributed by atoms with Crippen LogP contribution in [-0.4, -0.2) is 48.6 Å². The van der Waals surface area contributed by atoms with E-state index in [-0.39, 0.29) is 12.2 Å². The molecule has 0 amide bonds. The van der Waals surface area contributed by atoms with Crippen molar-refractivity contribution < 1.29 is 10.2 Å². The van der Waals surface area contributed by atoms with E-state index in [2.05, 4.69) is 48.8 Å². The van der Waals surface area contributed by atoms with E-state index >= 15 is 0 Å². The van der Waals surface area contributed by atoms with Crippen molar-refractivity contribution in [1.82, 2.24) is 10.6 Å². The van der Waals surface area contributed by atoms with Crippen LogP contribution in [0, 0.1) is 0 Å². The highest BCUT2D eigenvalue weighted by Crippen LogP contribution is 2.12. The number of aliphatic hydroxyl groups is 2. The van der Waals surface area contributed by atoms with Gasteiger partial charge in [0.1, 0.15) is 0 Å². The summed E-state index contributed by atoms with van der Waals surface area (Å²) in [6.07, 6.45) is 40.6. The Bertz CT molecular complexity index is 503. The third kappa shape index (κ3) is 35.5. The summed E-state index contributed by atoms with van der Waals surface area (Å²) >= 11 is 0. The molecule has 0 saturated carbocycles. The molecule has 0 aromatic carbocycles. The Morgan fingerprint density at radius 3 is 1.17 bits per heavy atom. The van der Waals surface area contributed by atoms with E-state index in [1.165, 1.54) is 141 Å². The highest BCUT2D eigenvalue weighted by Gasteiger charge is 2.02. The van der Waals surface area contributed by atoms with Crippen molar-refractivity contribution in [3.05, 3.63) is 24.3 Å². The molecular weight excluding hydrogens is 516 g/mol. The molecule has 42 heavy (non-hydrogen) atoms. The van der Waals surface area contributed by atoms with Crippen LogP contribution in [0.5, 0.6) is 0 Å². The number of unbranched alkanes of at least 4 members (excludes halogenated alkanes) is 18. The van der Waals surface area contributed by atoms with Crippen LogP contribution in [0.1, 0.15) is 181 Å². The molecule has 4 nitrogen and oxygen atoms in total. The lowest BCUT2D eigenvalue weighted by molar-refractivity contribution is 0.163. The Kier molecular flexibility index (Phi) is 35.9. The number of allylic oxidation sites excluding steroid dienone is 2. The van der Waals surface area contributed by atoms with E-state index < -0.39 is 0 Å². The fraction of sp³-hybridized carbons (Fsp3) is 0.895. The fourth-order valence-electron chi connectivity index (χ4n) is 5.46. The van der Waals surface area contributed by atoms with Crippen molar-refractivity contribution in [2.75, 3.05) is 26.2 Å². The molecule has 0 aliphatic rings. The minimum Gasteiger partial charge on any atom is -0.393 e. The highest BCUT2D eigenvalue weighted by molar-refractivity contribution is 4.84. The Morgan fingerprint density at radius 2 is 0.762 bits per heavy atom. The maximum absolute atomic E-state index is 10.00. The van der Waals surface area contributed by atoms with Crippen molar-refractivity contribution in [2.24, 2.45) is 0 Å². The minimum absolute atomic E-state index is 0.135. The zero-order valence-electron chi connectivity index (χ0n) is 28.6. The van der Waals surface area contributed by atoms with Crippen LogP contribution in [0.2, 0.25) is 0 Å². The molecule has 0 spiro atoms. The van der Waals surface area contributed by atoms with E-state index in [9.17, 15) is 10.2 Å². The first-order chi connectivity index (χ1) is 20.7. The molecule has 250 valence electrons. The molecule has 2 atom stereocenters. The first kappa shape index (κ1) is 41.3. The van der Waals surface area contributed by atoms with Gasteiger partial charge in [-0.15, -0.1) is 0 Å². The first-order valence-electron chi connectivity index (χ1n) is 18.8. The standard InChI is InChI=1S/C38H76N2O2/c1-3-5-7-23-29-37(41)31-25-19-15-11-9-13-17-21-27-33-39-35-36-40-34-28-22-18-14-10-12-16-20-26-32-38(42)30-24-8-6-4-2/h19-20,25-26,37-42H,3-18,21-24,27-36H2,1-2H3/b25-19-,26-20-/t37-,38-/m1/s1. The van der Waals surface area contributed by atoms with Gasteiger partial charge in [-0.2, -0.15) is 0 Å². The van der Waals surface area contributed by atoms with Crippen molar-refractivity contribution in [3.63, 3.8) is 0 Å². The third-order valence-electron chi connectivity index (χ3n) is 8.36. The predicted molar refractivity (Wildman–Crippen MR) is 187 cm³/mol. The van der Waals surface area contributed by atoms with Crippen molar-refractivity contribution in [2.45, 2.75) is 193 Å². The molecule has 0 saturated heterocycles. The molecule has 0 bridgehead atoms. The largest absolute Gasteiger partial charge is 0.393 e. The fourth-order valence-corrected chi connectivity index (χ4v) is 5.46. The molecule has 4 N–H and O–H groups in total. The average molecular weight is 593 g/mol. The monoisotopic (exact) mass is 593 g/mol. The topological polar surface area (TPSA) is 64.5 Å². The summed E-state index contributed by atoms with van der Waals surface area (Å²) in [5.74, 6) is 0. The molecular formula is C38H76N2O2. The van der Waals surface area contributed by atoms with Gasteiger partial charge in [-0.25, -0.2) is 0 Å². The van der Waals surface area contributed by atoms with Crippen LogP contribution >= 0.6 is 0 Å². The number of aliphatic hydroxyl groups excluding tert-OH is 2. The second-order valence-corrected chi connectivity index (χ2v) is 12.7. The second-order valence-electron chi connectivity index (χ2n) is 12.7. The van der Waals surface area contributed by atoms with Gasteiger partial charge in [-0.3, -0.25) is 0 Å². The van der Waals surface area contributed by atoms with Gasteiger partial charge in [-0.05, 0) is 77.3 Å². The zero-order chi connectivity index (χ0) is 30.6. The maximum atomic E-state index is 10.00. The Hall–Kier alpha value is -0.680. The lowest BCUT2D eigenvalue weighted by atomic mass is 10.1. The Morgan fingerprint density at radius 1 is 0.405 bits per heavy atom. The summed E-state index contributed by atoms with van der Waals surface area (Å²) < 4.78 is 0. The molecule has 0 aromatic rings.